The van der Waals surface area contributed by atoms with Gasteiger partial charge in [0.2, 0.25) is 0 Å². The van der Waals surface area contributed by atoms with Crippen LogP contribution >= 0.6 is 0 Å². The molecule has 1 saturated heterocycles. The Morgan fingerprint density at radius 1 is 1.12 bits per heavy atom. The number of hydrogen-bond acceptors (Lipinski definition) is 2. The lowest BCUT2D eigenvalue weighted by molar-refractivity contribution is 0.154. The van der Waals surface area contributed by atoms with E-state index >= 15 is 0 Å². The highest BCUT2D eigenvalue weighted by molar-refractivity contribution is 4.92. The summed E-state index contributed by atoms with van der Waals surface area (Å²) in [6, 6.07) is 0. The average molecular weight is 224 g/mol. The van der Waals surface area contributed by atoms with Crippen molar-refractivity contribution in [1.82, 2.24) is 9.80 Å². The number of piperazine rings is 1. The second kappa shape index (κ2) is 6.95. The molecule has 0 aromatic rings. The van der Waals surface area contributed by atoms with Gasteiger partial charge in [0.15, 0.2) is 0 Å². The summed E-state index contributed by atoms with van der Waals surface area (Å²) < 4.78 is 0. The quantitative estimate of drug-likeness (QED) is 0.727. The van der Waals surface area contributed by atoms with Crippen molar-refractivity contribution in [3.05, 3.63) is 12.3 Å². The molecular weight excluding hydrogens is 196 g/mol. The Balaban J connectivity index is 0.000000386. The fourth-order valence-corrected chi connectivity index (χ4v) is 1.98. The Labute approximate surface area is 101 Å². The Morgan fingerprint density at radius 2 is 1.62 bits per heavy atom. The minimum Gasteiger partial charge on any atom is -0.373 e. The van der Waals surface area contributed by atoms with Crippen LogP contribution in [0.25, 0.3) is 0 Å². The predicted octanol–water partition coefficient (Wildman–Crippen LogP) is 2.96. The van der Waals surface area contributed by atoms with Crippen molar-refractivity contribution in [2.24, 2.45) is 5.92 Å². The van der Waals surface area contributed by atoms with Gasteiger partial charge in [0.25, 0.3) is 0 Å². The first kappa shape index (κ1) is 13.6. The molecule has 2 fully saturated rings. The highest BCUT2D eigenvalue weighted by Gasteiger charge is 2.26. The van der Waals surface area contributed by atoms with Gasteiger partial charge in [0, 0.05) is 38.4 Å². The summed E-state index contributed by atoms with van der Waals surface area (Å²) in [5.74, 6) is 1.04. The molecule has 0 atom stereocenters. The van der Waals surface area contributed by atoms with Crippen LogP contribution in [0, 0.1) is 5.92 Å². The molecule has 94 valence electrons. The van der Waals surface area contributed by atoms with Crippen molar-refractivity contribution in [3.8, 4) is 0 Å². The van der Waals surface area contributed by atoms with Crippen LogP contribution in [-0.4, -0.2) is 42.5 Å². The molecule has 1 heterocycles. The van der Waals surface area contributed by atoms with Gasteiger partial charge in [-0.3, -0.25) is 4.90 Å². The highest BCUT2D eigenvalue weighted by Crippen LogP contribution is 2.29. The largest absolute Gasteiger partial charge is 0.373 e. The monoisotopic (exact) mass is 224 g/mol. The minimum absolute atomic E-state index is 1.04. The molecule has 0 N–H and O–H groups in total. The van der Waals surface area contributed by atoms with Crippen molar-refractivity contribution in [3.63, 3.8) is 0 Å². The van der Waals surface area contributed by atoms with Gasteiger partial charge in [-0.2, -0.15) is 0 Å². The van der Waals surface area contributed by atoms with Crippen molar-refractivity contribution < 1.29 is 0 Å². The number of rotatable bonds is 3. The van der Waals surface area contributed by atoms with Crippen LogP contribution in [0.2, 0.25) is 0 Å². The summed E-state index contributed by atoms with van der Waals surface area (Å²) in [5, 5.41) is 0. The van der Waals surface area contributed by atoms with E-state index < -0.39 is 0 Å². The lowest BCUT2D eigenvalue weighted by Gasteiger charge is -2.36. The summed E-state index contributed by atoms with van der Waals surface area (Å²) in [6.45, 7) is 16.5. The second-order valence-electron chi connectivity index (χ2n) is 5.17. The fraction of sp³-hybridized carbons (Fsp3) is 0.857. The normalized spacial score (nSPS) is 21.3. The van der Waals surface area contributed by atoms with Gasteiger partial charge in [0.05, 0.1) is 0 Å². The zero-order chi connectivity index (χ0) is 12.0. The summed E-state index contributed by atoms with van der Waals surface area (Å²) in [4.78, 5) is 5.00. The molecule has 1 aliphatic heterocycles. The maximum Gasteiger partial charge on any atom is 0.0303 e. The van der Waals surface area contributed by atoms with E-state index in [1.54, 1.807) is 0 Å². The summed E-state index contributed by atoms with van der Waals surface area (Å²) >= 11 is 0. The number of allylic oxidation sites excluding steroid dienone is 1. The van der Waals surface area contributed by atoms with Crippen LogP contribution in [0.1, 0.15) is 40.0 Å². The molecule has 1 aliphatic carbocycles. The van der Waals surface area contributed by atoms with E-state index in [-0.39, 0.29) is 0 Å². The molecule has 0 spiro atoms. The fourth-order valence-electron chi connectivity index (χ4n) is 1.98. The van der Waals surface area contributed by atoms with Gasteiger partial charge in [-0.05, 0) is 25.7 Å². The van der Waals surface area contributed by atoms with E-state index in [0.717, 1.165) is 5.92 Å². The molecule has 0 unspecified atom stereocenters. The molecule has 1 saturated carbocycles. The van der Waals surface area contributed by atoms with E-state index in [2.05, 4.69) is 37.1 Å². The van der Waals surface area contributed by atoms with Gasteiger partial charge >= 0.3 is 0 Å². The predicted molar refractivity (Wildman–Crippen MR) is 71.5 cm³/mol. The zero-order valence-corrected chi connectivity index (χ0v) is 11.3. The van der Waals surface area contributed by atoms with Crippen LogP contribution in [0.5, 0.6) is 0 Å². The number of hydrogen-bond donors (Lipinski definition) is 0. The summed E-state index contributed by atoms with van der Waals surface area (Å²) in [5.41, 5.74) is 1.23. The first-order valence-corrected chi connectivity index (χ1v) is 6.80. The van der Waals surface area contributed by atoms with E-state index in [1.807, 2.05) is 0 Å². The zero-order valence-electron chi connectivity index (χ0n) is 11.3. The molecule has 2 aliphatic rings. The van der Waals surface area contributed by atoms with Crippen LogP contribution in [0.4, 0.5) is 0 Å². The minimum atomic E-state index is 1.04. The van der Waals surface area contributed by atoms with Crippen LogP contribution in [0.15, 0.2) is 12.3 Å². The SMILES string of the molecule is C=C(C)N1CCN(CC2CC2)CC1.CCC. The average Bonchev–Trinajstić information content (AvgIpc) is 3.04. The van der Waals surface area contributed by atoms with Crippen molar-refractivity contribution in [1.29, 1.82) is 0 Å². The molecule has 0 bridgehead atoms. The lowest BCUT2D eigenvalue weighted by atomic mass is 10.2. The Hall–Kier alpha value is -0.500. The Morgan fingerprint density at radius 3 is 2.00 bits per heavy atom. The molecule has 2 rings (SSSR count). The summed E-state index contributed by atoms with van der Waals surface area (Å²) in [7, 11) is 0. The molecule has 2 heteroatoms. The summed E-state index contributed by atoms with van der Waals surface area (Å²) in [6.07, 6.45) is 4.20. The van der Waals surface area contributed by atoms with E-state index in [0.29, 0.717) is 0 Å². The van der Waals surface area contributed by atoms with E-state index in [4.69, 9.17) is 0 Å². The van der Waals surface area contributed by atoms with Gasteiger partial charge in [-0.25, -0.2) is 0 Å². The van der Waals surface area contributed by atoms with Gasteiger partial charge in [-0.1, -0.05) is 26.8 Å². The molecule has 16 heavy (non-hydrogen) atoms. The van der Waals surface area contributed by atoms with Crippen LogP contribution in [-0.2, 0) is 0 Å². The lowest BCUT2D eigenvalue weighted by Crippen LogP contribution is -2.45. The third-order valence-electron chi connectivity index (χ3n) is 3.13. The molecule has 2 nitrogen and oxygen atoms in total. The Kier molecular flexibility index (Phi) is 5.89. The smallest absolute Gasteiger partial charge is 0.0303 e. The standard InChI is InChI=1S/C11H20N2.C3H8/c1-10(2)13-7-5-12(6-8-13)9-11-3-4-11;1-3-2/h11H,1,3-9H2,2H3;3H2,1-2H3. The van der Waals surface area contributed by atoms with Crippen molar-refractivity contribution >= 4 is 0 Å². The first-order valence-electron chi connectivity index (χ1n) is 6.80. The van der Waals surface area contributed by atoms with Gasteiger partial charge in [-0.15, -0.1) is 0 Å². The molecule has 0 amide bonds. The Bertz CT molecular complexity index is 201. The number of nitrogens with zero attached hydrogens (tertiary/aromatic N) is 2. The molecule has 0 aromatic carbocycles. The molecule has 0 radical (unpaired) electrons. The molecular formula is C14H28N2. The topological polar surface area (TPSA) is 6.48 Å². The highest BCUT2D eigenvalue weighted by atomic mass is 15.3. The van der Waals surface area contributed by atoms with Crippen LogP contribution in [0.3, 0.4) is 0 Å². The van der Waals surface area contributed by atoms with E-state index in [9.17, 15) is 0 Å². The second-order valence-corrected chi connectivity index (χ2v) is 5.17. The maximum atomic E-state index is 3.98. The van der Waals surface area contributed by atoms with Crippen molar-refractivity contribution in [2.45, 2.75) is 40.0 Å². The van der Waals surface area contributed by atoms with Crippen molar-refractivity contribution in [2.75, 3.05) is 32.7 Å². The first-order chi connectivity index (χ1) is 7.67. The van der Waals surface area contributed by atoms with Gasteiger partial charge < -0.3 is 4.90 Å². The van der Waals surface area contributed by atoms with Crippen LogP contribution < -0.4 is 0 Å². The molecule has 0 aromatic heterocycles. The third-order valence-corrected chi connectivity index (χ3v) is 3.13. The third kappa shape index (κ3) is 5.02. The van der Waals surface area contributed by atoms with E-state index in [1.165, 1.54) is 57.7 Å². The van der Waals surface area contributed by atoms with Gasteiger partial charge in [0.1, 0.15) is 0 Å². The maximum absolute atomic E-state index is 3.98.